The molecule has 0 spiro atoms. The van der Waals surface area contributed by atoms with Gasteiger partial charge in [0.15, 0.2) is 10.3 Å². The third-order valence-corrected chi connectivity index (χ3v) is 7.88. The third kappa shape index (κ3) is 6.65. The van der Waals surface area contributed by atoms with E-state index < -0.39 is 11.8 Å². The van der Waals surface area contributed by atoms with Crippen LogP contribution in [0.4, 0.5) is 10.3 Å². The molecule has 5 aromatic rings. The highest BCUT2D eigenvalue weighted by molar-refractivity contribution is 7.16. The summed E-state index contributed by atoms with van der Waals surface area (Å²) in [5, 5.41) is 7.91. The van der Waals surface area contributed by atoms with Gasteiger partial charge in [-0.15, -0.1) is 22.7 Å². The van der Waals surface area contributed by atoms with E-state index in [0.717, 1.165) is 20.9 Å². The Morgan fingerprint density at radius 2 is 1.03 bits per heavy atom. The highest BCUT2D eigenvalue weighted by atomic mass is 35.5. The summed E-state index contributed by atoms with van der Waals surface area (Å²) in [6.45, 7) is 0. The van der Waals surface area contributed by atoms with Crippen LogP contribution in [0.5, 0.6) is 0 Å². The van der Waals surface area contributed by atoms with Crippen LogP contribution in [-0.4, -0.2) is 21.8 Å². The molecule has 0 bridgehead atoms. The maximum absolute atomic E-state index is 13.1. The SMILES string of the molecule is O=C(Nc1ncc(Cc2ccc(Cl)cc2)s1)c1ccccc1C(=O)Nc1ncc(Cc2ccc(Cl)cc2)s1. The molecule has 2 amide bonds. The van der Waals surface area contributed by atoms with Crippen LogP contribution in [0.3, 0.4) is 0 Å². The Kier molecular flexibility index (Phi) is 8.14. The molecule has 10 heteroatoms. The number of benzene rings is 3. The molecule has 0 atom stereocenters. The first-order chi connectivity index (χ1) is 18.4. The maximum atomic E-state index is 13.1. The predicted octanol–water partition coefficient (Wildman–Crippen LogP) is 7.59. The number of thiazole rings is 2. The summed E-state index contributed by atoms with van der Waals surface area (Å²) in [7, 11) is 0. The molecule has 3 aromatic carbocycles. The van der Waals surface area contributed by atoms with Crippen molar-refractivity contribution in [2.24, 2.45) is 0 Å². The Labute approximate surface area is 237 Å². The Morgan fingerprint density at radius 3 is 1.42 bits per heavy atom. The highest BCUT2D eigenvalue weighted by Crippen LogP contribution is 2.25. The first-order valence-electron chi connectivity index (χ1n) is 11.5. The minimum atomic E-state index is -0.411. The zero-order valence-electron chi connectivity index (χ0n) is 19.8. The lowest BCUT2D eigenvalue weighted by Gasteiger charge is -2.08. The van der Waals surface area contributed by atoms with Crippen molar-refractivity contribution in [2.45, 2.75) is 12.8 Å². The molecule has 6 nitrogen and oxygen atoms in total. The summed E-state index contributed by atoms with van der Waals surface area (Å²) in [4.78, 5) is 36.8. The normalized spacial score (nSPS) is 10.8. The molecule has 0 aliphatic rings. The fraction of sp³-hybridized carbons (Fsp3) is 0.0714. The van der Waals surface area contributed by atoms with E-state index in [0.29, 0.717) is 33.2 Å². The second kappa shape index (κ2) is 11.9. The number of nitrogens with zero attached hydrogens (tertiary/aromatic N) is 2. The van der Waals surface area contributed by atoms with Crippen LogP contribution in [0.15, 0.2) is 85.2 Å². The van der Waals surface area contributed by atoms with Crippen molar-refractivity contribution >= 4 is 68.0 Å². The van der Waals surface area contributed by atoms with Gasteiger partial charge in [0.05, 0.1) is 11.1 Å². The van der Waals surface area contributed by atoms with E-state index in [9.17, 15) is 9.59 Å². The van der Waals surface area contributed by atoms with E-state index in [1.54, 1.807) is 36.7 Å². The van der Waals surface area contributed by atoms with Crippen molar-refractivity contribution in [3.8, 4) is 0 Å². The minimum absolute atomic E-state index is 0.248. The first-order valence-corrected chi connectivity index (χ1v) is 13.9. The van der Waals surface area contributed by atoms with Gasteiger partial charge in [-0.25, -0.2) is 9.97 Å². The van der Waals surface area contributed by atoms with Crippen molar-refractivity contribution in [2.75, 3.05) is 10.6 Å². The quantitative estimate of drug-likeness (QED) is 0.198. The smallest absolute Gasteiger partial charge is 0.258 e. The lowest BCUT2D eigenvalue weighted by atomic mass is 10.1. The number of halogens is 2. The topological polar surface area (TPSA) is 84.0 Å². The lowest BCUT2D eigenvalue weighted by molar-refractivity contribution is 0.0990. The molecule has 0 fully saturated rings. The summed E-state index contributed by atoms with van der Waals surface area (Å²) >= 11 is 14.7. The molecular weight excluding hydrogens is 559 g/mol. The second-order valence-corrected chi connectivity index (χ2v) is 11.4. The summed E-state index contributed by atoms with van der Waals surface area (Å²) < 4.78 is 0. The van der Waals surface area contributed by atoms with Crippen molar-refractivity contribution in [1.82, 2.24) is 9.97 Å². The summed E-state index contributed by atoms with van der Waals surface area (Å²) in [6.07, 6.45) is 4.82. The molecule has 2 heterocycles. The molecule has 0 aliphatic carbocycles. The average molecular weight is 580 g/mol. The molecule has 2 N–H and O–H groups in total. The number of carbonyl (C=O) groups is 2. The number of rotatable bonds is 8. The van der Waals surface area contributed by atoms with Crippen molar-refractivity contribution < 1.29 is 9.59 Å². The number of carbonyl (C=O) groups excluding carboxylic acids is 2. The van der Waals surface area contributed by atoms with Crippen LogP contribution in [0, 0.1) is 0 Å². The Bertz CT molecular complexity index is 1460. The molecule has 190 valence electrons. The molecule has 0 saturated heterocycles. The van der Waals surface area contributed by atoms with Crippen molar-refractivity contribution in [3.63, 3.8) is 0 Å². The summed E-state index contributed by atoms with van der Waals surface area (Å²) in [6, 6.07) is 21.8. The molecule has 0 aliphatic heterocycles. The van der Waals surface area contributed by atoms with Crippen LogP contribution in [0.25, 0.3) is 0 Å². The zero-order valence-corrected chi connectivity index (χ0v) is 22.9. The van der Waals surface area contributed by atoms with Gasteiger partial charge in [0.25, 0.3) is 11.8 Å². The van der Waals surface area contributed by atoms with Gasteiger partial charge in [-0.1, -0.05) is 59.6 Å². The standard InChI is InChI=1S/C28H20Cl2N4O2S2/c29-19-9-5-17(6-10-19)13-21-15-31-27(37-21)33-25(35)23-3-1-2-4-24(23)26(36)34-28-32-16-22(38-28)14-18-7-11-20(30)12-8-18/h1-12,15-16H,13-14H2,(H,31,33,35)(H,32,34,36). The Balaban J connectivity index is 1.23. The van der Waals surface area contributed by atoms with Gasteiger partial charge in [0.1, 0.15) is 0 Å². The van der Waals surface area contributed by atoms with Crippen molar-refractivity contribution in [3.05, 3.63) is 127 Å². The fourth-order valence-electron chi connectivity index (χ4n) is 3.71. The number of amides is 2. The van der Waals surface area contributed by atoms with Gasteiger partial charge in [-0.05, 0) is 47.5 Å². The van der Waals surface area contributed by atoms with Gasteiger partial charge in [-0.2, -0.15) is 0 Å². The molecule has 38 heavy (non-hydrogen) atoms. The van der Waals surface area contributed by atoms with Gasteiger partial charge < -0.3 is 0 Å². The van der Waals surface area contributed by atoms with Gasteiger partial charge in [-0.3, -0.25) is 20.2 Å². The molecular formula is C28H20Cl2N4O2S2. The summed E-state index contributed by atoms with van der Waals surface area (Å²) in [5.41, 5.74) is 2.68. The van der Waals surface area contributed by atoms with E-state index in [4.69, 9.17) is 23.2 Å². The van der Waals surface area contributed by atoms with E-state index in [1.807, 2.05) is 48.5 Å². The monoisotopic (exact) mass is 578 g/mol. The van der Waals surface area contributed by atoms with E-state index in [1.165, 1.54) is 22.7 Å². The highest BCUT2D eigenvalue weighted by Gasteiger charge is 2.19. The Morgan fingerprint density at radius 1 is 0.632 bits per heavy atom. The van der Waals surface area contributed by atoms with Gasteiger partial charge in [0.2, 0.25) is 0 Å². The van der Waals surface area contributed by atoms with E-state index in [-0.39, 0.29) is 11.1 Å². The van der Waals surface area contributed by atoms with Crippen LogP contribution >= 0.6 is 45.9 Å². The van der Waals surface area contributed by atoms with Crippen LogP contribution < -0.4 is 10.6 Å². The average Bonchev–Trinajstić information content (AvgIpc) is 3.55. The number of hydrogen-bond donors (Lipinski definition) is 2. The molecule has 2 aromatic heterocycles. The van der Waals surface area contributed by atoms with Crippen LogP contribution in [0.1, 0.15) is 41.6 Å². The summed E-state index contributed by atoms with van der Waals surface area (Å²) in [5.74, 6) is -0.823. The molecule has 0 saturated carbocycles. The largest absolute Gasteiger partial charge is 0.298 e. The second-order valence-electron chi connectivity index (χ2n) is 8.32. The zero-order chi connectivity index (χ0) is 26.5. The number of anilines is 2. The number of aromatic nitrogens is 2. The van der Waals surface area contributed by atoms with Crippen molar-refractivity contribution in [1.29, 1.82) is 0 Å². The minimum Gasteiger partial charge on any atom is -0.298 e. The third-order valence-electron chi connectivity index (χ3n) is 5.55. The molecule has 5 rings (SSSR count). The van der Waals surface area contributed by atoms with Crippen LogP contribution in [0.2, 0.25) is 10.0 Å². The first kappa shape index (κ1) is 26.1. The number of nitrogens with one attached hydrogen (secondary N) is 2. The maximum Gasteiger partial charge on any atom is 0.258 e. The van der Waals surface area contributed by atoms with E-state index >= 15 is 0 Å². The predicted molar refractivity (Wildman–Crippen MR) is 155 cm³/mol. The number of hydrogen-bond acceptors (Lipinski definition) is 6. The van der Waals surface area contributed by atoms with Gasteiger partial charge in [0, 0.05) is 45.0 Å². The molecule has 0 unspecified atom stereocenters. The lowest BCUT2D eigenvalue weighted by Crippen LogP contribution is -2.20. The fourth-order valence-corrected chi connectivity index (χ4v) is 5.64. The van der Waals surface area contributed by atoms with Crippen LogP contribution in [-0.2, 0) is 12.8 Å². The Hall–Kier alpha value is -3.56. The van der Waals surface area contributed by atoms with E-state index in [2.05, 4.69) is 20.6 Å². The molecule has 0 radical (unpaired) electrons. The van der Waals surface area contributed by atoms with Gasteiger partial charge >= 0.3 is 0 Å².